The minimum Gasteiger partial charge on any atom is -0.494 e. The van der Waals surface area contributed by atoms with Crippen LogP contribution in [0.3, 0.4) is 0 Å². The largest absolute Gasteiger partial charge is 0.494 e. The Hall–Kier alpha value is -2.18. The molecule has 3 N–H and O–H groups in total. The molecule has 0 bridgehead atoms. The molecule has 0 aliphatic heterocycles. The van der Waals surface area contributed by atoms with Gasteiger partial charge in [-0.15, -0.1) is 12.4 Å². The molecule has 1 aromatic heterocycles. The molecule has 23 heavy (non-hydrogen) atoms. The summed E-state index contributed by atoms with van der Waals surface area (Å²) < 4.78 is 16.1. The van der Waals surface area contributed by atoms with Crippen LogP contribution in [0.5, 0.6) is 11.5 Å². The monoisotopic (exact) mass is 340 g/mol. The third-order valence-corrected chi connectivity index (χ3v) is 2.93. The number of hydrogen-bond donors (Lipinski definition) is 2. The highest BCUT2D eigenvalue weighted by Crippen LogP contribution is 2.30. The molecule has 0 unspecified atom stereocenters. The topological polar surface area (TPSA) is 86.7 Å². The molecule has 0 saturated heterocycles. The zero-order chi connectivity index (χ0) is 15.9. The first-order valence-corrected chi connectivity index (χ1v) is 7.16. The summed E-state index contributed by atoms with van der Waals surface area (Å²) in [5.41, 5.74) is 6.43. The van der Waals surface area contributed by atoms with Crippen LogP contribution in [0.2, 0.25) is 0 Å². The average molecular weight is 341 g/mol. The van der Waals surface area contributed by atoms with Gasteiger partial charge in [-0.05, 0) is 32.0 Å². The quantitative estimate of drug-likeness (QED) is 0.808. The summed E-state index contributed by atoms with van der Waals surface area (Å²) in [6, 6.07) is 6.91. The minimum absolute atomic E-state index is 0. The smallest absolute Gasteiger partial charge is 0.259 e. The second kappa shape index (κ2) is 9.07. The fraction of sp³-hybridized carbons (Fsp3) is 0.312. The first-order valence-electron chi connectivity index (χ1n) is 7.16. The molecule has 0 atom stereocenters. The second-order valence-corrected chi connectivity index (χ2v) is 4.48. The molecule has 126 valence electrons. The predicted octanol–water partition coefficient (Wildman–Crippen LogP) is 3.21. The van der Waals surface area contributed by atoms with Crippen molar-refractivity contribution in [3.63, 3.8) is 0 Å². The fourth-order valence-electron chi connectivity index (χ4n) is 1.95. The van der Waals surface area contributed by atoms with Gasteiger partial charge in [0.25, 0.3) is 5.91 Å². The molecule has 7 heteroatoms. The predicted molar refractivity (Wildman–Crippen MR) is 90.6 cm³/mol. The van der Waals surface area contributed by atoms with E-state index in [-0.39, 0.29) is 24.9 Å². The van der Waals surface area contributed by atoms with Crippen LogP contribution < -0.4 is 20.5 Å². The van der Waals surface area contributed by atoms with Gasteiger partial charge in [0.05, 0.1) is 31.0 Å². The standard InChI is InChI=1S/C16H20N2O4.ClH/c1-3-20-12-5-6-15(21-4-2)14(8-12)18-16(19)11-7-13(9-17)22-10-11;/h5-8,10H,3-4,9,17H2,1-2H3,(H,18,19);1H. The first-order chi connectivity index (χ1) is 10.7. The van der Waals surface area contributed by atoms with Crippen LogP contribution in [-0.4, -0.2) is 19.1 Å². The third kappa shape index (κ3) is 4.91. The molecule has 0 aliphatic rings. The van der Waals surface area contributed by atoms with Crippen LogP contribution in [0, 0.1) is 0 Å². The zero-order valence-electron chi connectivity index (χ0n) is 13.1. The van der Waals surface area contributed by atoms with Gasteiger partial charge < -0.3 is 24.9 Å². The number of amides is 1. The number of hydrogen-bond acceptors (Lipinski definition) is 5. The SMILES string of the molecule is CCOc1ccc(OCC)c(NC(=O)c2coc(CN)c2)c1.Cl. The lowest BCUT2D eigenvalue weighted by Crippen LogP contribution is -2.12. The second-order valence-electron chi connectivity index (χ2n) is 4.48. The molecule has 0 saturated carbocycles. The molecule has 0 fully saturated rings. The van der Waals surface area contributed by atoms with Crippen molar-refractivity contribution in [2.45, 2.75) is 20.4 Å². The summed E-state index contributed by atoms with van der Waals surface area (Å²) in [6.45, 7) is 5.07. The molecule has 2 aromatic rings. The van der Waals surface area contributed by atoms with Gasteiger partial charge in [0.2, 0.25) is 0 Å². The van der Waals surface area contributed by atoms with E-state index in [1.807, 2.05) is 13.8 Å². The molecular formula is C16H21ClN2O4. The van der Waals surface area contributed by atoms with E-state index in [4.69, 9.17) is 19.6 Å². The van der Waals surface area contributed by atoms with Crippen LogP contribution in [0.4, 0.5) is 5.69 Å². The van der Waals surface area contributed by atoms with Gasteiger partial charge >= 0.3 is 0 Å². The Morgan fingerprint density at radius 1 is 1.22 bits per heavy atom. The van der Waals surface area contributed by atoms with E-state index < -0.39 is 0 Å². The van der Waals surface area contributed by atoms with Crippen LogP contribution in [0.25, 0.3) is 0 Å². The summed E-state index contributed by atoms with van der Waals surface area (Å²) in [7, 11) is 0. The highest BCUT2D eigenvalue weighted by molar-refractivity contribution is 6.05. The van der Waals surface area contributed by atoms with Crippen molar-refractivity contribution < 1.29 is 18.7 Å². The van der Waals surface area contributed by atoms with Gasteiger partial charge in [-0.2, -0.15) is 0 Å². The molecule has 0 radical (unpaired) electrons. The molecule has 6 nitrogen and oxygen atoms in total. The molecule has 0 spiro atoms. The number of nitrogens with two attached hydrogens (primary N) is 1. The fourth-order valence-corrected chi connectivity index (χ4v) is 1.95. The van der Waals surface area contributed by atoms with E-state index in [1.165, 1.54) is 6.26 Å². The summed E-state index contributed by atoms with van der Waals surface area (Å²) >= 11 is 0. The Kier molecular flexibility index (Phi) is 7.44. The van der Waals surface area contributed by atoms with Crippen molar-refractivity contribution in [2.75, 3.05) is 18.5 Å². The van der Waals surface area contributed by atoms with Gasteiger partial charge in [0.15, 0.2) is 0 Å². The van der Waals surface area contributed by atoms with Gasteiger partial charge in [0, 0.05) is 6.07 Å². The number of carbonyl (C=O) groups excluding carboxylic acids is 1. The van der Waals surface area contributed by atoms with Crippen molar-refractivity contribution in [1.29, 1.82) is 0 Å². The number of nitrogens with one attached hydrogen (secondary N) is 1. The molecular weight excluding hydrogens is 320 g/mol. The maximum absolute atomic E-state index is 12.3. The van der Waals surface area contributed by atoms with Crippen LogP contribution in [0.15, 0.2) is 34.9 Å². The van der Waals surface area contributed by atoms with Crippen molar-refractivity contribution in [1.82, 2.24) is 0 Å². The zero-order valence-corrected chi connectivity index (χ0v) is 13.9. The summed E-state index contributed by atoms with van der Waals surface area (Å²) in [6.07, 6.45) is 1.38. The van der Waals surface area contributed by atoms with Crippen LogP contribution >= 0.6 is 12.4 Å². The van der Waals surface area contributed by atoms with Crippen LogP contribution in [0.1, 0.15) is 30.0 Å². The van der Waals surface area contributed by atoms with Gasteiger partial charge in [0.1, 0.15) is 23.5 Å². The Morgan fingerprint density at radius 3 is 2.57 bits per heavy atom. The van der Waals surface area contributed by atoms with E-state index in [9.17, 15) is 4.79 Å². The Bertz CT molecular complexity index is 643. The first kappa shape index (κ1) is 18.9. The Morgan fingerprint density at radius 2 is 1.96 bits per heavy atom. The number of rotatable bonds is 7. The molecule has 1 amide bonds. The highest BCUT2D eigenvalue weighted by Gasteiger charge is 2.13. The Labute approximate surface area is 141 Å². The van der Waals surface area contributed by atoms with E-state index in [0.717, 1.165) is 0 Å². The van der Waals surface area contributed by atoms with E-state index in [0.29, 0.717) is 41.7 Å². The van der Waals surface area contributed by atoms with Crippen molar-refractivity contribution >= 4 is 24.0 Å². The summed E-state index contributed by atoms with van der Waals surface area (Å²) in [4.78, 5) is 12.3. The summed E-state index contributed by atoms with van der Waals surface area (Å²) in [5.74, 6) is 1.51. The highest BCUT2D eigenvalue weighted by atomic mass is 35.5. The van der Waals surface area contributed by atoms with Crippen LogP contribution in [-0.2, 0) is 6.54 Å². The number of halogens is 1. The van der Waals surface area contributed by atoms with Gasteiger partial charge in [-0.3, -0.25) is 4.79 Å². The number of anilines is 1. The molecule has 0 aliphatic carbocycles. The van der Waals surface area contributed by atoms with Gasteiger partial charge in [-0.25, -0.2) is 0 Å². The minimum atomic E-state index is -0.293. The lowest BCUT2D eigenvalue weighted by molar-refractivity contribution is 0.102. The number of benzene rings is 1. The maximum atomic E-state index is 12.3. The van der Waals surface area contributed by atoms with E-state index in [1.54, 1.807) is 24.3 Å². The van der Waals surface area contributed by atoms with E-state index in [2.05, 4.69) is 5.32 Å². The Balaban J connectivity index is 0.00000264. The maximum Gasteiger partial charge on any atom is 0.259 e. The number of carbonyl (C=O) groups is 1. The average Bonchev–Trinajstić information content (AvgIpc) is 2.99. The summed E-state index contributed by atoms with van der Waals surface area (Å²) in [5, 5.41) is 2.80. The molecule has 1 heterocycles. The molecule has 1 aromatic carbocycles. The normalized spacial score (nSPS) is 9.87. The number of furan rings is 1. The lowest BCUT2D eigenvalue weighted by atomic mass is 10.2. The number of ether oxygens (including phenoxy) is 2. The van der Waals surface area contributed by atoms with Crippen molar-refractivity contribution in [3.8, 4) is 11.5 Å². The van der Waals surface area contributed by atoms with E-state index >= 15 is 0 Å². The van der Waals surface area contributed by atoms with Crippen molar-refractivity contribution in [2.24, 2.45) is 5.73 Å². The van der Waals surface area contributed by atoms with Crippen molar-refractivity contribution in [3.05, 3.63) is 41.9 Å². The third-order valence-electron chi connectivity index (χ3n) is 2.93. The lowest BCUT2D eigenvalue weighted by Gasteiger charge is -2.13. The van der Waals surface area contributed by atoms with Gasteiger partial charge in [-0.1, -0.05) is 0 Å². The molecule has 2 rings (SSSR count).